The van der Waals surface area contributed by atoms with Crippen molar-refractivity contribution in [2.75, 3.05) is 12.1 Å². The Morgan fingerprint density at radius 3 is 2.73 bits per heavy atom. The van der Waals surface area contributed by atoms with E-state index in [9.17, 15) is 14.7 Å². The summed E-state index contributed by atoms with van der Waals surface area (Å²) in [4.78, 5) is 23.8. The van der Waals surface area contributed by atoms with E-state index in [0.717, 1.165) is 5.01 Å². The number of halogens is 1. The summed E-state index contributed by atoms with van der Waals surface area (Å²) < 4.78 is 5.29. The van der Waals surface area contributed by atoms with Crippen molar-refractivity contribution in [1.82, 2.24) is 0 Å². The van der Waals surface area contributed by atoms with Crippen molar-refractivity contribution in [2.24, 2.45) is 5.10 Å². The summed E-state index contributed by atoms with van der Waals surface area (Å²) in [6.45, 7) is 1.70. The van der Waals surface area contributed by atoms with Gasteiger partial charge in [0.1, 0.15) is 5.75 Å². The highest BCUT2D eigenvalue weighted by atomic mass is 35.5. The largest absolute Gasteiger partial charge is 0.545 e. The average Bonchev–Trinajstić information content (AvgIpc) is 2.90. The molecule has 132 valence electrons. The third-order valence-electron chi connectivity index (χ3n) is 3.88. The predicted octanol–water partition coefficient (Wildman–Crippen LogP) is 2.52. The first-order chi connectivity index (χ1) is 12.4. The third kappa shape index (κ3) is 3.32. The van der Waals surface area contributed by atoms with Crippen LogP contribution in [-0.4, -0.2) is 24.7 Å². The Morgan fingerprint density at radius 1 is 1.27 bits per heavy atom. The summed E-state index contributed by atoms with van der Waals surface area (Å²) in [5.74, 6) is -1.13. The Morgan fingerprint density at radius 2 is 2.04 bits per heavy atom. The summed E-state index contributed by atoms with van der Waals surface area (Å²) in [7, 11) is 1.53. The van der Waals surface area contributed by atoms with Crippen LogP contribution in [0.25, 0.3) is 6.08 Å². The fourth-order valence-corrected chi connectivity index (χ4v) is 2.78. The molecule has 0 saturated carbocycles. The van der Waals surface area contributed by atoms with Crippen LogP contribution in [0.4, 0.5) is 5.69 Å². The normalized spacial score (nSPS) is 15.3. The minimum atomic E-state index is -1.32. The van der Waals surface area contributed by atoms with Gasteiger partial charge in [0, 0.05) is 10.6 Å². The zero-order valence-electron chi connectivity index (χ0n) is 14.0. The predicted molar refractivity (Wildman–Crippen MR) is 97.3 cm³/mol. The maximum absolute atomic E-state index is 12.8. The molecule has 0 saturated heterocycles. The SMILES string of the molecule is COc1ccc(Cl)cc1/C=C1\C(=O)N(c2cccc(C(=O)[O-])c2)N=C1C. The Balaban J connectivity index is 2.00. The van der Waals surface area contributed by atoms with Crippen molar-refractivity contribution < 1.29 is 19.4 Å². The number of ether oxygens (including phenoxy) is 1. The highest BCUT2D eigenvalue weighted by Gasteiger charge is 2.29. The molecule has 1 heterocycles. The quantitative estimate of drug-likeness (QED) is 0.775. The van der Waals surface area contributed by atoms with Gasteiger partial charge in [0.15, 0.2) is 0 Å². The van der Waals surface area contributed by atoms with Crippen LogP contribution in [0.1, 0.15) is 22.8 Å². The maximum Gasteiger partial charge on any atom is 0.280 e. The molecule has 2 aromatic carbocycles. The Kier molecular flexibility index (Phi) is 4.77. The first-order valence-electron chi connectivity index (χ1n) is 7.67. The lowest BCUT2D eigenvalue weighted by Crippen LogP contribution is -2.24. The molecular formula is C19H14ClN2O4-. The van der Waals surface area contributed by atoms with E-state index < -0.39 is 5.97 Å². The molecule has 7 heteroatoms. The summed E-state index contributed by atoms with van der Waals surface area (Å²) in [5.41, 5.74) is 1.82. The number of methoxy groups -OCH3 is 1. The van der Waals surface area contributed by atoms with Crippen LogP contribution in [0.3, 0.4) is 0 Å². The molecule has 0 spiro atoms. The van der Waals surface area contributed by atoms with Gasteiger partial charge in [-0.25, -0.2) is 0 Å². The first-order valence-corrected chi connectivity index (χ1v) is 8.05. The summed E-state index contributed by atoms with van der Waals surface area (Å²) in [6.07, 6.45) is 1.65. The van der Waals surface area contributed by atoms with Gasteiger partial charge >= 0.3 is 0 Å². The lowest BCUT2D eigenvalue weighted by molar-refractivity contribution is -0.255. The van der Waals surface area contributed by atoms with Crippen LogP contribution in [0, 0.1) is 0 Å². The number of hydrogen-bond donors (Lipinski definition) is 0. The number of anilines is 1. The van der Waals surface area contributed by atoms with Crippen LogP contribution in [0.5, 0.6) is 5.75 Å². The minimum absolute atomic E-state index is 0.0305. The Bertz CT molecular complexity index is 966. The van der Waals surface area contributed by atoms with Gasteiger partial charge in [0.25, 0.3) is 5.91 Å². The minimum Gasteiger partial charge on any atom is -0.545 e. The average molecular weight is 370 g/mol. The topological polar surface area (TPSA) is 82.0 Å². The molecule has 3 rings (SSSR count). The van der Waals surface area contributed by atoms with E-state index in [0.29, 0.717) is 33.3 Å². The van der Waals surface area contributed by atoms with Gasteiger partial charge in [-0.15, -0.1) is 0 Å². The zero-order valence-corrected chi connectivity index (χ0v) is 14.8. The monoisotopic (exact) mass is 369 g/mol. The molecule has 0 N–H and O–H groups in total. The fraction of sp³-hybridized carbons (Fsp3) is 0.105. The summed E-state index contributed by atoms with van der Waals surface area (Å²) >= 11 is 6.03. The second-order valence-electron chi connectivity index (χ2n) is 5.58. The van der Waals surface area contributed by atoms with Crippen LogP contribution < -0.4 is 14.9 Å². The van der Waals surface area contributed by atoms with E-state index in [1.165, 1.54) is 25.3 Å². The molecule has 1 aliphatic heterocycles. The van der Waals surface area contributed by atoms with Crippen LogP contribution in [-0.2, 0) is 4.79 Å². The second kappa shape index (κ2) is 7.01. The molecule has 0 radical (unpaired) electrons. The number of carbonyl (C=O) groups excluding carboxylic acids is 2. The molecule has 26 heavy (non-hydrogen) atoms. The van der Waals surface area contributed by atoms with Crippen molar-refractivity contribution >= 4 is 41.0 Å². The maximum atomic E-state index is 12.8. The van der Waals surface area contributed by atoms with Gasteiger partial charge < -0.3 is 14.6 Å². The number of amides is 1. The highest BCUT2D eigenvalue weighted by Crippen LogP contribution is 2.29. The molecular weight excluding hydrogens is 356 g/mol. The van der Waals surface area contributed by atoms with Gasteiger partial charge in [-0.05, 0) is 48.9 Å². The molecule has 0 aromatic heterocycles. The molecule has 1 amide bonds. The Labute approximate surface area is 155 Å². The number of benzene rings is 2. The van der Waals surface area contributed by atoms with Crippen molar-refractivity contribution in [3.05, 3.63) is 64.2 Å². The van der Waals surface area contributed by atoms with E-state index >= 15 is 0 Å². The number of rotatable bonds is 4. The van der Waals surface area contributed by atoms with Crippen molar-refractivity contribution in [2.45, 2.75) is 6.92 Å². The highest BCUT2D eigenvalue weighted by molar-refractivity contribution is 6.33. The summed E-state index contributed by atoms with van der Waals surface area (Å²) in [5, 5.41) is 16.9. The van der Waals surface area contributed by atoms with Gasteiger partial charge in [-0.1, -0.05) is 23.7 Å². The van der Waals surface area contributed by atoms with Crippen LogP contribution >= 0.6 is 11.6 Å². The number of carboxylic acids is 1. The van der Waals surface area contributed by atoms with Gasteiger partial charge in [-0.3, -0.25) is 4.79 Å². The smallest absolute Gasteiger partial charge is 0.280 e. The summed E-state index contributed by atoms with van der Waals surface area (Å²) in [6, 6.07) is 11.0. The number of aromatic carboxylic acids is 1. The van der Waals surface area contributed by atoms with E-state index in [2.05, 4.69) is 5.10 Å². The molecule has 0 aliphatic carbocycles. The first kappa shape index (κ1) is 17.7. The molecule has 6 nitrogen and oxygen atoms in total. The van der Waals surface area contributed by atoms with Gasteiger partial charge in [-0.2, -0.15) is 10.1 Å². The van der Waals surface area contributed by atoms with Crippen molar-refractivity contribution in [3.8, 4) is 5.75 Å². The van der Waals surface area contributed by atoms with Crippen molar-refractivity contribution in [3.63, 3.8) is 0 Å². The van der Waals surface area contributed by atoms with Crippen LogP contribution in [0.15, 0.2) is 53.1 Å². The van der Waals surface area contributed by atoms with Gasteiger partial charge in [0.05, 0.1) is 30.1 Å². The number of carboxylic acid groups (broad SMARTS) is 1. The molecule has 0 bridgehead atoms. The van der Waals surface area contributed by atoms with Crippen LogP contribution in [0.2, 0.25) is 5.02 Å². The number of hydrogen-bond acceptors (Lipinski definition) is 5. The number of carbonyl (C=O) groups is 2. The molecule has 2 aromatic rings. The van der Waals surface area contributed by atoms with Crippen molar-refractivity contribution in [1.29, 1.82) is 0 Å². The third-order valence-corrected chi connectivity index (χ3v) is 4.12. The molecule has 0 unspecified atom stereocenters. The van der Waals surface area contributed by atoms with E-state index in [1.807, 2.05) is 0 Å². The Hall–Kier alpha value is -3.12. The van der Waals surface area contributed by atoms with E-state index in [4.69, 9.17) is 16.3 Å². The molecule has 1 aliphatic rings. The van der Waals surface area contributed by atoms with E-state index in [-0.39, 0.29) is 11.5 Å². The lowest BCUT2D eigenvalue weighted by Gasteiger charge is -2.13. The lowest BCUT2D eigenvalue weighted by atomic mass is 10.1. The molecule has 0 fully saturated rings. The van der Waals surface area contributed by atoms with E-state index in [1.54, 1.807) is 37.3 Å². The molecule has 0 atom stereocenters. The standard InChI is InChI=1S/C19H15ClN2O4/c1-11-16(10-13-8-14(20)6-7-17(13)26-2)18(23)22(21-11)15-5-3-4-12(9-15)19(24)25/h3-10H,1-2H3,(H,24,25)/p-1/b16-10-. The fourth-order valence-electron chi connectivity index (χ4n) is 2.60. The number of hydrazone groups is 1. The second-order valence-corrected chi connectivity index (χ2v) is 6.02. The van der Waals surface area contributed by atoms with Gasteiger partial charge in [0.2, 0.25) is 0 Å². The number of nitrogens with zero attached hydrogens (tertiary/aromatic N) is 2. The zero-order chi connectivity index (χ0) is 18.8.